The van der Waals surface area contributed by atoms with Crippen LogP contribution in [0.2, 0.25) is 0 Å². The van der Waals surface area contributed by atoms with Crippen LogP contribution in [-0.4, -0.2) is 54.8 Å². The van der Waals surface area contributed by atoms with Gasteiger partial charge in [0.05, 0.1) is 15.9 Å². The minimum Gasteiger partial charge on any atom is -0.325 e. The largest absolute Gasteiger partial charge is 0.325 e. The molecule has 0 spiro atoms. The number of non-ortho nitro benzene ring substituents is 1. The summed E-state index contributed by atoms with van der Waals surface area (Å²) < 4.78 is 27.1. The van der Waals surface area contributed by atoms with Crippen LogP contribution in [0, 0.1) is 10.1 Å². The second kappa shape index (κ2) is 7.73. The van der Waals surface area contributed by atoms with Crippen LogP contribution in [0.3, 0.4) is 0 Å². The molecule has 2 aromatic carbocycles. The minimum atomic E-state index is -3.79. The Bertz CT molecular complexity index is 903. The lowest BCUT2D eigenvalue weighted by Crippen LogP contribution is -2.47. The van der Waals surface area contributed by atoms with E-state index in [-0.39, 0.29) is 22.7 Å². The molecule has 1 saturated heterocycles. The molecule has 1 fully saturated rings. The smallest absolute Gasteiger partial charge is 0.269 e. The van der Waals surface area contributed by atoms with E-state index in [0.29, 0.717) is 19.6 Å². The summed E-state index contributed by atoms with van der Waals surface area (Å²) in [7, 11) is -2.28. The average Bonchev–Trinajstić information content (AvgIpc) is 3.01. The quantitative estimate of drug-likeness (QED) is 0.590. The predicted octanol–water partition coefficient (Wildman–Crippen LogP) is 1.43. The highest BCUT2D eigenvalue weighted by atomic mass is 32.2. The predicted molar refractivity (Wildman–Crippen MR) is 102 cm³/mol. The Morgan fingerprint density at radius 2 is 1.78 bits per heavy atom. The molecule has 1 heterocycles. The molecule has 144 valence electrons. The summed E-state index contributed by atoms with van der Waals surface area (Å²) in [6.45, 7) is 1.83. The van der Waals surface area contributed by atoms with Crippen molar-refractivity contribution in [3.63, 3.8) is 0 Å². The van der Waals surface area contributed by atoms with E-state index in [0.717, 1.165) is 5.56 Å². The number of nitrogens with two attached hydrogens (primary N) is 1. The second-order valence-corrected chi connectivity index (χ2v) is 8.68. The van der Waals surface area contributed by atoms with E-state index in [1.54, 1.807) is 0 Å². The van der Waals surface area contributed by atoms with Crippen molar-refractivity contribution in [1.82, 2.24) is 9.21 Å². The fraction of sp³-hybridized carbons (Fsp3) is 0.333. The van der Waals surface area contributed by atoms with E-state index in [9.17, 15) is 18.5 Å². The highest BCUT2D eigenvalue weighted by molar-refractivity contribution is 7.89. The molecule has 27 heavy (non-hydrogen) atoms. The molecule has 0 amide bonds. The summed E-state index contributed by atoms with van der Waals surface area (Å²) in [6.07, 6.45) is 0. The lowest BCUT2D eigenvalue weighted by atomic mass is 10.2. The molecule has 9 heteroatoms. The number of nitro benzene ring substituents is 1. The van der Waals surface area contributed by atoms with Crippen molar-refractivity contribution in [3.8, 4) is 0 Å². The van der Waals surface area contributed by atoms with Crippen molar-refractivity contribution in [3.05, 3.63) is 70.3 Å². The van der Waals surface area contributed by atoms with Crippen LogP contribution in [-0.2, 0) is 16.6 Å². The number of sulfonamides is 1. The highest BCUT2D eigenvalue weighted by Crippen LogP contribution is 2.24. The van der Waals surface area contributed by atoms with E-state index in [2.05, 4.69) is 4.90 Å². The molecule has 2 N–H and O–H groups in total. The number of nitro groups is 1. The van der Waals surface area contributed by atoms with Gasteiger partial charge in [0, 0.05) is 44.9 Å². The summed E-state index contributed by atoms with van der Waals surface area (Å²) in [5.41, 5.74) is 7.22. The summed E-state index contributed by atoms with van der Waals surface area (Å²) in [6, 6.07) is 14.1. The zero-order valence-corrected chi connectivity index (χ0v) is 15.7. The molecule has 0 saturated carbocycles. The summed E-state index contributed by atoms with van der Waals surface area (Å²) in [5.74, 6) is 0. The minimum absolute atomic E-state index is 0.0179. The average molecular weight is 390 g/mol. The fourth-order valence-electron chi connectivity index (χ4n) is 3.33. The third-order valence-corrected chi connectivity index (χ3v) is 6.75. The van der Waals surface area contributed by atoms with Gasteiger partial charge in [0.15, 0.2) is 0 Å². The number of likely N-dealkylation sites (N-methyl/N-ethyl adjacent to an activating group) is 1. The first-order valence-electron chi connectivity index (χ1n) is 8.53. The number of hydrogen-bond donors (Lipinski definition) is 1. The SMILES string of the molecule is CN([C@@H]1CN(Cc2ccccc2)C[C@H]1N)S(=O)(=O)c1ccc([N+](=O)[O-])cc1. The first-order valence-corrected chi connectivity index (χ1v) is 9.97. The molecule has 0 unspecified atom stereocenters. The standard InChI is InChI=1S/C18H22N4O4S/c1-20(27(25,26)16-9-7-15(8-10-16)22(23)24)18-13-21(12-17(18)19)11-14-5-3-2-4-6-14/h2-10,17-18H,11-13,19H2,1H3/t17-,18-/m1/s1. The molecule has 3 rings (SSSR count). The Labute approximate surface area is 158 Å². The molecule has 1 aliphatic rings. The van der Waals surface area contributed by atoms with Crippen molar-refractivity contribution >= 4 is 15.7 Å². The van der Waals surface area contributed by atoms with E-state index >= 15 is 0 Å². The third kappa shape index (κ3) is 4.16. The zero-order valence-electron chi connectivity index (χ0n) is 14.9. The van der Waals surface area contributed by atoms with Crippen molar-refractivity contribution in [2.24, 2.45) is 5.73 Å². The Hall–Kier alpha value is -2.33. The normalized spacial score (nSPS) is 20.9. The Morgan fingerprint density at radius 1 is 1.15 bits per heavy atom. The van der Waals surface area contributed by atoms with Crippen molar-refractivity contribution in [2.45, 2.75) is 23.5 Å². The van der Waals surface area contributed by atoms with Crippen molar-refractivity contribution < 1.29 is 13.3 Å². The first-order chi connectivity index (χ1) is 12.8. The molecule has 2 aromatic rings. The van der Waals surface area contributed by atoms with Gasteiger partial charge in [-0.15, -0.1) is 0 Å². The van der Waals surface area contributed by atoms with Gasteiger partial charge in [0.25, 0.3) is 5.69 Å². The zero-order chi connectivity index (χ0) is 19.6. The number of likely N-dealkylation sites (tertiary alicyclic amines) is 1. The lowest BCUT2D eigenvalue weighted by molar-refractivity contribution is -0.384. The van der Waals surface area contributed by atoms with Gasteiger partial charge >= 0.3 is 0 Å². The van der Waals surface area contributed by atoms with Gasteiger partial charge in [-0.3, -0.25) is 15.0 Å². The summed E-state index contributed by atoms with van der Waals surface area (Å²) >= 11 is 0. The maximum Gasteiger partial charge on any atom is 0.269 e. The maximum atomic E-state index is 12.9. The highest BCUT2D eigenvalue weighted by Gasteiger charge is 2.38. The van der Waals surface area contributed by atoms with E-state index in [1.165, 1.54) is 35.6 Å². The third-order valence-electron chi connectivity index (χ3n) is 4.85. The molecule has 8 nitrogen and oxygen atoms in total. The van der Waals surface area contributed by atoms with Crippen LogP contribution in [0.4, 0.5) is 5.69 Å². The van der Waals surface area contributed by atoms with Crippen molar-refractivity contribution in [2.75, 3.05) is 20.1 Å². The Kier molecular flexibility index (Phi) is 5.56. The van der Waals surface area contributed by atoms with E-state index < -0.39 is 14.9 Å². The molecule has 0 aromatic heterocycles. The van der Waals surface area contributed by atoms with Gasteiger partial charge in [-0.05, 0) is 17.7 Å². The first kappa shape index (κ1) is 19.4. The Balaban J connectivity index is 1.73. The van der Waals surface area contributed by atoms with Crippen LogP contribution in [0.15, 0.2) is 59.5 Å². The van der Waals surface area contributed by atoms with E-state index in [4.69, 9.17) is 5.73 Å². The maximum absolute atomic E-state index is 12.9. The lowest BCUT2D eigenvalue weighted by Gasteiger charge is -2.26. The van der Waals surface area contributed by atoms with Crippen LogP contribution in [0.1, 0.15) is 5.56 Å². The van der Waals surface area contributed by atoms with Crippen LogP contribution < -0.4 is 5.73 Å². The number of rotatable bonds is 6. The van der Waals surface area contributed by atoms with Gasteiger partial charge in [-0.2, -0.15) is 4.31 Å². The summed E-state index contributed by atoms with van der Waals surface area (Å²) in [5, 5.41) is 10.8. The van der Waals surface area contributed by atoms with Crippen LogP contribution in [0.5, 0.6) is 0 Å². The topological polar surface area (TPSA) is 110 Å². The number of benzene rings is 2. The number of hydrogen-bond acceptors (Lipinski definition) is 6. The van der Waals surface area contributed by atoms with Gasteiger partial charge in [-0.25, -0.2) is 8.42 Å². The van der Waals surface area contributed by atoms with Gasteiger partial charge < -0.3 is 5.73 Å². The summed E-state index contributed by atoms with van der Waals surface area (Å²) in [4.78, 5) is 12.3. The van der Waals surface area contributed by atoms with Crippen LogP contribution in [0.25, 0.3) is 0 Å². The second-order valence-electron chi connectivity index (χ2n) is 6.68. The van der Waals surface area contributed by atoms with Crippen LogP contribution >= 0.6 is 0 Å². The molecule has 0 aliphatic carbocycles. The number of nitrogens with zero attached hydrogens (tertiary/aromatic N) is 3. The van der Waals surface area contributed by atoms with Crippen molar-refractivity contribution in [1.29, 1.82) is 0 Å². The molecular weight excluding hydrogens is 368 g/mol. The fourth-order valence-corrected chi connectivity index (χ4v) is 4.73. The van der Waals surface area contributed by atoms with Gasteiger partial charge in [-0.1, -0.05) is 30.3 Å². The molecule has 0 bridgehead atoms. The molecular formula is C18H22N4O4S. The van der Waals surface area contributed by atoms with Gasteiger partial charge in [0.1, 0.15) is 0 Å². The Morgan fingerprint density at radius 3 is 2.37 bits per heavy atom. The molecule has 1 aliphatic heterocycles. The molecule has 2 atom stereocenters. The monoisotopic (exact) mass is 390 g/mol. The van der Waals surface area contributed by atoms with E-state index in [1.807, 2.05) is 30.3 Å². The van der Waals surface area contributed by atoms with Gasteiger partial charge in [0.2, 0.25) is 10.0 Å². The molecule has 0 radical (unpaired) electrons.